The van der Waals surface area contributed by atoms with Crippen molar-refractivity contribution in [3.63, 3.8) is 0 Å². The summed E-state index contributed by atoms with van der Waals surface area (Å²) in [6, 6.07) is 7.65. The van der Waals surface area contributed by atoms with E-state index in [0.29, 0.717) is 29.5 Å². The molecule has 0 radical (unpaired) electrons. The maximum Gasteiger partial charge on any atom is 0.211 e. The molecule has 0 amide bonds. The second-order valence-corrected chi connectivity index (χ2v) is 9.16. The highest BCUT2D eigenvalue weighted by molar-refractivity contribution is 7.89. The molecule has 1 aliphatic carbocycles. The smallest absolute Gasteiger partial charge is 0.211 e. The van der Waals surface area contributed by atoms with E-state index in [-0.39, 0.29) is 23.2 Å². The van der Waals surface area contributed by atoms with Crippen molar-refractivity contribution >= 4 is 20.9 Å². The first-order valence-corrected chi connectivity index (χ1v) is 10.7. The predicted octanol–water partition coefficient (Wildman–Crippen LogP) is 4.44. The van der Waals surface area contributed by atoms with Crippen LogP contribution < -0.4 is 4.72 Å². The molecule has 0 bridgehead atoms. The number of benzene rings is 2. The Balaban J connectivity index is 1.76. The Morgan fingerprint density at radius 1 is 1.07 bits per heavy atom. The zero-order valence-corrected chi connectivity index (χ0v) is 15.9. The molecule has 2 N–H and O–H groups in total. The van der Waals surface area contributed by atoms with Gasteiger partial charge in [-0.15, -0.1) is 0 Å². The summed E-state index contributed by atoms with van der Waals surface area (Å²) in [6.45, 7) is 1.57. The Kier molecular flexibility index (Phi) is 4.71. The van der Waals surface area contributed by atoms with Gasteiger partial charge in [0, 0.05) is 17.5 Å². The van der Waals surface area contributed by atoms with Crippen LogP contribution in [0.4, 0.5) is 13.2 Å². The van der Waals surface area contributed by atoms with Crippen molar-refractivity contribution in [1.29, 1.82) is 0 Å². The fraction of sp³-hybridized carbons (Fsp3) is 0.300. The number of aromatic nitrogens is 1. The molecular formula is C20H19F3N2O2S. The standard InChI is InChI=1S/C20H19F3N2O2S/c1-2-28(26,27)25-15-7-12(8-15)18-16-9-14(22)10-17(23)20(16)24-19(18)11-3-5-13(21)6-4-11/h3-6,9-10,12,15,24-25H,2,7-8H2,1H3/t12-,15+. The van der Waals surface area contributed by atoms with Gasteiger partial charge in [-0.3, -0.25) is 0 Å². The van der Waals surface area contributed by atoms with E-state index in [1.807, 2.05) is 0 Å². The molecule has 1 saturated carbocycles. The van der Waals surface area contributed by atoms with E-state index >= 15 is 0 Å². The molecule has 8 heteroatoms. The average molecular weight is 408 g/mol. The van der Waals surface area contributed by atoms with Gasteiger partial charge in [0.1, 0.15) is 17.5 Å². The molecule has 1 heterocycles. The van der Waals surface area contributed by atoms with Crippen molar-refractivity contribution < 1.29 is 21.6 Å². The van der Waals surface area contributed by atoms with Crippen molar-refractivity contribution in [2.24, 2.45) is 0 Å². The Hall–Kier alpha value is -2.32. The number of sulfonamides is 1. The maximum absolute atomic E-state index is 14.3. The molecule has 28 heavy (non-hydrogen) atoms. The lowest BCUT2D eigenvalue weighted by Crippen LogP contribution is -2.43. The second kappa shape index (κ2) is 6.93. The predicted molar refractivity (Wildman–Crippen MR) is 102 cm³/mol. The number of rotatable bonds is 5. The van der Waals surface area contributed by atoms with E-state index in [0.717, 1.165) is 11.6 Å². The highest BCUT2D eigenvalue weighted by atomic mass is 32.2. The van der Waals surface area contributed by atoms with Crippen LogP contribution in [0.2, 0.25) is 0 Å². The van der Waals surface area contributed by atoms with Crippen LogP contribution in [-0.2, 0) is 10.0 Å². The van der Waals surface area contributed by atoms with Crippen LogP contribution in [-0.4, -0.2) is 25.2 Å². The van der Waals surface area contributed by atoms with Gasteiger partial charge in [-0.05, 0) is 67.1 Å². The van der Waals surface area contributed by atoms with Gasteiger partial charge in [0.2, 0.25) is 10.0 Å². The minimum Gasteiger partial charge on any atom is -0.352 e. The summed E-state index contributed by atoms with van der Waals surface area (Å²) in [4.78, 5) is 3.02. The minimum atomic E-state index is -3.31. The largest absolute Gasteiger partial charge is 0.352 e. The van der Waals surface area contributed by atoms with Crippen LogP contribution >= 0.6 is 0 Å². The first-order chi connectivity index (χ1) is 13.3. The molecule has 1 fully saturated rings. The summed E-state index contributed by atoms with van der Waals surface area (Å²) in [6.07, 6.45) is 1.05. The van der Waals surface area contributed by atoms with Crippen LogP contribution in [0.1, 0.15) is 31.2 Å². The molecule has 0 aliphatic heterocycles. The highest BCUT2D eigenvalue weighted by Gasteiger charge is 2.36. The monoisotopic (exact) mass is 408 g/mol. The Morgan fingerprint density at radius 3 is 2.39 bits per heavy atom. The molecule has 148 valence electrons. The normalized spacial score (nSPS) is 19.7. The maximum atomic E-state index is 14.3. The second-order valence-electron chi connectivity index (χ2n) is 7.12. The minimum absolute atomic E-state index is 0.00148. The fourth-order valence-corrected chi connectivity index (χ4v) is 4.66. The lowest BCUT2D eigenvalue weighted by atomic mass is 9.74. The first-order valence-electron chi connectivity index (χ1n) is 9.04. The lowest BCUT2D eigenvalue weighted by Gasteiger charge is -2.36. The number of hydrogen-bond acceptors (Lipinski definition) is 2. The molecule has 2 aromatic carbocycles. The van der Waals surface area contributed by atoms with Crippen molar-refractivity contribution in [3.8, 4) is 11.3 Å². The molecule has 0 saturated heterocycles. The van der Waals surface area contributed by atoms with Gasteiger partial charge in [0.15, 0.2) is 0 Å². The van der Waals surface area contributed by atoms with Crippen LogP contribution in [0, 0.1) is 17.5 Å². The number of aromatic amines is 1. The first kappa shape index (κ1) is 19.0. The van der Waals surface area contributed by atoms with Crippen molar-refractivity contribution in [2.75, 3.05) is 5.75 Å². The van der Waals surface area contributed by atoms with Gasteiger partial charge >= 0.3 is 0 Å². The summed E-state index contributed by atoms with van der Waals surface area (Å²) >= 11 is 0. The van der Waals surface area contributed by atoms with E-state index in [1.165, 1.54) is 18.2 Å². The van der Waals surface area contributed by atoms with Gasteiger partial charge in [-0.2, -0.15) is 0 Å². The Morgan fingerprint density at radius 2 is 1.75 bits per heavy atom. The van der Waals surface area contributed by atoms with Crippen LogP contribution in [0.3, 0.4) is 0 Å². The van der Waals surface area contributed by atoms with Crippen LogP contribution in [0.25, 0.3) is 22.2 Å². The highest BCUT2D eigenvalue weighted by Crippen LogP contribution is 2.45. The van der Waals surface area contributed by atoms with E-state index in [1.54, 1.807) is 19.1 Å². The van der Waals surface area contributed by atoms with Crippen molar-refractivity contribution in [1.82, 2.24) is 9.71 Å². The van der Waals surface area contributed by atoms with Crippen LogP contribution in [0.5, 0.6) is 0 Å². The third kappa shape index (κ3) is 3.42. The molecule has 1 aliphatic rings. The Labute approximate surface area is 160 Å². The molecule has 3 aromatic rings. The van der Waals surface area contributed by atoms with E-state index in [2.05, 4.69) is 9.71 Å². The zero-order valence-electron chi connectivity index (χ0n) is 15.1. The summed E-state index contributed by atoms with van der Waals surface area (Å²) in [5.74, 6) is -1.85. The van der Waals surface area contributed by atoms with E-state index in [9.17, 15) is 21.6 Å². The molecule has 0 atom stereocenters. The van der Waals surface area contributed by atoms with E-state index in [4.69, 9.17) is 0 Å². The fourth-order valence-electron chi connectivity index (χ4n) is 3.80. The Bertz CT molecular complexity index is 1130. The third-order valence-electron chi connectivity index (χ3n) is 5.27. The number of nitrogens with one attached hydrogen (secondary N) is 2. The quantitative estimate of drug-likeness (QED) is 0.656. The summed E-state index contributed by atoms with van der Waals surface area (Å²) in [5.41, 5.74) is 2.17. The number of H-pyrrole nitrogens is 1. The van der Waals surface area contributed by atoms with E-state index < -0.39 is 27.5 Å². The third-order valence-corrected chi connectivity index (χ3v) is 6.72. The topological polar surface area (TPSA) is 62.0 Å². The molecule has 4 rings (SSSR count). The van der Waals surface area contributed by atoms with Gasteiger partial charge in [0.25, 0.3) is 0 Å². The lowest BCUT2D eigenvalue weighted by molar-refractivity contribution is 0.328. The molecule has 4 nitrogen and oxygen atoms in total. The average Bonchev–Trinajstić information content (AvgIpc) is 2.98. The SMILES string of the molecule is CCS(=O)(=O)N[C@H]1C[C@@H](c2c(-c3ccc(F)cc3)[nH]c3c(F)cc(F)cc32)C1. The van der Waals surface area contributed by atoms with Gasteiger partial charge in [0.05, 0.1) is 17.0 Å². The summed E-state index contributed by atoms with van der Waals surface area (Å²) in [5, 5.41) is 0.429. The van der Waals surface area contributed by atoms with Gasteiger partial charge in [-0.1, -0.05) is 0 Å². The van der Waals surface area contributed by atoms with Gasteiger partial charge < -0.3 is 4.98 Å². The zero-order chi connectivity index (χ0) is 20.1. The number of fused-ring (bicyclic) bond motifs is 1. The number of halogens is 3. The molecular weight excluding hydrogens is 389 g/mol. The molecule has 1 aromatic heterocycles. The molecule has 0 spiro atoms. The van der Waals surface area contributed by atoms with Crippen molar-refractivity contribution in [3.05, 3.63) is 59.4 Å². The summed E-state index contributed by atoms with van der Waals surface area (Å²) < 4.78 is 67.7. The molecule has 0 unspecified atom stereocenters. The van der Waals surface area contributed by atoms with Crippen molar-refractivity contribution in [2.45, 2.75) is 31.7 Å². The van der Waals surface area contributed by atoms with Gasteiger partial charge in [-0.25, -0.2) is 26.3 Å². The number of hydrogen-bond donors (Lipinski definition) is 2. The summed E-state index contributed by atoms with van der Waals surface area (Å²) in [7, 11) is -3.31. The van der Waals surface area contributed by atoms with Crippen LogP contribution in [0.15, 0.2) is 36.4 Å².